The molecule has 7 heteroatoms. The second-order valence-corrected chi connectivity index (χ2v) is 5.81. The minimum atomic E-state index is -0.436. The number of aliphatic hydroxyl groups is 1. The zero-order valence-electron chi connectivity index (χ0n) is 12.8. The fourth-order valence-corrected chi connectivity index (χ4v) is 2.53. The second-order valence-electron chi connectivity index (χ2n) is 5.81. The van der Waals surface area contributed by atoms with Gasteiger partial charge in [0.25, 0.3) is 5.56 Å². The van der Waals surface area contributed by atoms with Crippen molar-refractivity contribution in [1.82, 2.24) is 20.4 Å². The second kappa shape index (κ2) is 6.65. The number of nitrogens with zero attached hydrogens (tertiary/aromatic N) is 2. The predicted molar refractivity (Wildman–Crippen MR) is 79.1 cm³/mol. The van der Waals surface area contributed by atoms with Gasteiger partial charge in [0, 0.05) is 24.7 Å². The highest BCUT2D eigenvalue weighted by molar-refractivity contribution is 5.05. The van der Waals surface area contributed by atoms with E-state index in [4.69, 9.17) is 4.74 Å². The molecule has 1 fully saturated rings. The molecule has 118 valence electrons. The van der Waals surface area contributed by atoms with E-state index in [-0.39, 0.29) is 24.2 Å². The molecule has 1 saturated heterocycles. The predicted octanol–water partition coefficient (Wildman–Crippen LogP) is -0.498. The van der Waals surface area contributed by atoms with E-state index in [1.54, 1.807) is 6.07 Å². The van der Waals surface area contributed by atoms with E-state index < -0.39 is 5.54 Å². The van der Waals surface area contributed by atoms with Crippen molar-refractivity contribution in [2.75, 3.05) is 33.4 Å². The summed E-state index contributed by atoms with van der Waals surface area (Å²) in [5, 5.41) is 19.6. The van der Waals surface area contributed by atoms with Crippen LogP contribution in [-0.4, -0.2) is 65.2 Å². The van der Waals surface area contributed by atoms with Gasteiger partial charge in [-0.25, -0.2) is 5.10 Å². The first-order valence-corrected chi connectivity index (χ1v) is 7.19. The summed E-state index contributed by atoms with van der Waals surface area (Å²) in [6.07, 6.45) is 0. The number of rotatable bonds is 5. The largest absolute Gasteiger partial charge is 0.394 e. The van der Waals surface area contributed by atoms with E-state index in [1.165, 1.54) is 6.07 Å². The number of likely N-dealkylation sites (N-methyl/N-ethyl adjacent to an activating group) is 1. The molecule has 0 radical (unpaired) electrons. The lowest BCUT2D eigenvalue weighted by Gasteiger charge is -2.47. The minimum Gasteiger partial charge on any atom is -0.394 e. The van der Waals surface area contributed by atoms with E-state index in [2.05, 4.69) is 27.3 Å². The van der Waals surface area contributed by atoms with Gasteiger partial charge in [-0.05, 0) is 27.0 Å². The summed E-state index contributed by atoms with van der Waals surface area (Å²) in [5.74, 6) is 0. The molecule has 1 aliphatic heterocycles. The third kappa shape index (κ3) is 3.49. The molecule has 7 nitrogen and oxygen atoms in total. The Labute approximate surface area is 124 Å². The van der Waals surface area contributed by atoms with Crippen molar-refractivity contribution in [3.8, 4) is 0 Å². The van der Waals surface area contributed by atoms with Gasteiger partial charge in [0.2, 0.25) is 0 Å². The molecule has 1 aromatic rings. The zero-order chi connectivity index (χ0) is 15.5. The molecule has 21 heavy (non-hydrogen) atoms. The van der Waals surface area contributed by atoms with Crippen LogP contribution in [0.15, 0.2) is 16.9 Å². The van der Waals surface area contributed by atoms with Crippen LogP contribution in [0.5, 0.6) is 0 Å². The fourth-order valence-electron chi connectivity index (χ4n) is 2.53. The number of ether oxygens (including phenoxy) is 1. The summed E-state index contributed by atoms with van der Waals surface area (Å²) in [7, 11) is 2.01. The first-order valence-electron chi connectivity index (χ1n) is 7.19. The van der Waals surface area contributed by atoms with Gasteiger partial charge < -0.3 is 15.2 Å². The van der Waals surface area contributed by atoms with Crippen LogP contribution < -0.4 is 10.9 Å². The van der Waals surface area contributed by atoms with Gasteiger partial charge in [0.05, 0.1) is 31.1 Å². The maximum absolute atomic E-state index is 11.0. The Balaban J connectivity index is 2.02. The summed E-state index contributed by atoms with van der Waals surface area (Å²) in [4.78, 5) is 13.2. The highest BCUT2D eigenvalue weighted by atomic mass is 16.5. The summed E-state index contributed by atoms with van der Waals surface area (Å²) in [6, 6.07) is 3.39. The Kier molecular flexibility index (Phi) is 5.10. The topological polar surface area (TPSA) is 90.5 Å². The van der Waals surface area contributed by atoms with Crippen molar-refractivity contribution in [2.45, 2.75) is 31.5 Å². The number of morpholine rings is 1. The Morgan fingerprint density at radius 1 is 1.67 bits per heavy atom. The number of hydrogen-bond donors (Lipinski definition) is 3. The van der Waals surface area contributed by atoms with Crippen molar-refractivity contribution < 1.29 is 9.84 Å². The Bertz CT molecular complexity index is 501. The fraction of sp³-hybridized carbons (Fsp3) is 0.714. The molecular weight excluding hydrogens is 272 g/mol. The van der Waals surface area contributed by atoms with Gasteiger partial charge in [0.15, 0.2) is 0 Å². The van der Waals surface area contributed by atoms with Crippen LogP contribution in [0.2, 0.25) is 0 Å². The molecule has 0 aliphatic carbocycles. The average molecular weight is 296 g/mol. The molecule has 1 unspecified atom stereocenters. The van der Waals surface area contributed by atoms with Crippen LogP contribution in [0.1, 0.15) is 25.6 Å². The van der Waals surface area contributed by atoms with Crippen LogP contribution in [0.3, 0.4) is 0 Å². The first kappa shape index (κ1) is 16.1. The van der Waals surface area contributed by atoms with Crippen molar-refractivity contribution >= 4 is 0 Å². The molecule has 2 rings (SSSR count). The van der Waals surface area contributed by atoms with Crippen LogP contribution in [0, 0.1) is 0 Å². The molecule has 3 atom stereocenters. The van der Waals surface area contributed by atoms with Gasteiger partial charge in [-0.2, -0.15) is 5.10 Å². The summed E-state index contributed by atoms with van der Waals surface area (Å²) < 4.78 is 5.61. The van der Waals surface area contributed by atoms with E-state index in [9.17, 15) is 9.90 Å². The van der Waals surface area contributed by atoms with Gasteiger partial charge in [-0.3, -0.25) is 9.69 Å². The monoisotopic (exact) mass is 296 g/mol. The third-order valence-corrected chi connectivity index (χ3v) is 4.32. The number of aliphatic hydroxyl groups excluding tert-OH is 1. The Hall–Kier alpha value is -1.28. The Morgan fingerprint density at radius 3 is 3.05 bits per heavy atom. The minimum absolute atomic E-state index is 0.0204. The lowest BCUT2D eigenvalue weighted by Crippen LogP contribution is -2.65. The average Bonchev–Trinajstić information content (AvgIpc) is 2.49. The number of aromatic nitrogens is 2. The summed E-state index contributed by atoms with van der Waals surface area (Å²) in [5.41, 5.74) is 0.107. The number of nitrogens with one attached hydrogen (secondary N) is 2. The van der Waals surface area contributed by atoms with Gasteiger partial charge >= 0.3 is 0 Å². The molecule has 0 aromatic carbocycles. The first-order chi connectivity index (χ1) is 9.98. The number of aromatic amines is 1. The number of hydrogen-bond acceptors (Lipinski definition) is 6. The van der Waals surface area contributed by atoms with Crippen molar-refractivity contribution in [3.05, 3.63) is 28.2 Å². The van der Waals surface area contributed by atoms with Crippen LogP contribution in [0.4, 0.5) is 0 Å². The standard InChI is InChI=1S/C14H24N4O3/c1-10-6-21-9-14(8-19,18(10)3)7-15-11(2)12-4-5-13(20)17-16-12/h4-5,10-11,15,19H,6-9H2,1-3H3,(H,17,20)/t10-,11?,14+/m1/s1. The van der Waals surface area contributed by atoms with Gasteiger partial charge in [0.1, 0.15) is 0 Å². The van der Waals surface area contributed by atoms with Crippen LogP contribution in [0.25, 0.3) is 0 Å². The SMILES string of the molecule is CC(NC[C@]1(CO)COC[C@@H](C)N1C)c1ccc(=O)[nH]n1. The van der Waals surface area contributed by atoms with Gasteiger partial charge in [-0.15, -0.1) is 0 Å². The van der Waals surface area contributed by atoms with Crippen molar-refractivity contribution in [3.63, 3.8) is 0 Å². The van der Waals surface area contributed by atoms with E-state index in [0.29, 0.717) is 19.8 Å². The van der Waals surface area contributed by atoms with E-state index in [0.717, 1.165) is 5.69 Å². The molecule has 2 heterocycles. The lowest BCUT2D eigenvalue weighted by molar-refractivity contribution is -0.106. The smallest absolute Gasteiger partial charge is 0.264 e. The molecule has 0 spiro atoms. The molecule has 1 aromatic heterocycles. The highest BCUT2D eigenvalue weighted by Gasteiger charge is 2.40. The normalized spacial score (nSPS) is 28.5. The summed E-state index contributed by atoms with van der Waals surface area (Å²) in [6.45, 7) is 5.81. The van der Waals surface area contributed by atoms with E-state index in [1.807, 2.05) is 14.0 Å². The van der Waals surface area contributed by atoms with Crippen molar-refractivity contribution in [2.24, 2.45) is 0 Å². The molecular formula is C14H24N4O3. The molecule has 3 N–H and O–H groups in total. The zero-order valence-corrected chi connectivity index (χ0v) is 12.8. The molecule has 0 amide bonds. The third-order valence-electron chi connectivity index (χ3n) is 4.32. The van der Waals surface area contributed by atoms with Crippen molar-refractivity contribution in [1.29, 1.82) is 0 Å². The highest BCUT2D eigenvalue weighted by Crippen LogP contribution is 2.22. The molecule has 0 bridgehead atoms. The maximum Gasteiger partial charge on any atom is 0.264 e. The van der Waals surface area contributed by atoms with Crippen LogP contribution >= 0.6 is 0 Å². The van der Waals surface area contributed by atoms with Crippen LogP contribution in [-0.2, 0) is 4.74 Å². The molecule has 0 saturated carbocycles. The van der Waals surface area contributed by atoms with E-state index >= 15 is 0 Å². The lowest BCUT2D eigenvalue weighted by atomic mass is 9.95. The Morgan fingerprint density at radius 2 is 2.43 bits per heavy atom. The number of H-pyrrole nitrogens is 1. The van der Waals surface area contributed by atoms with Gasteiger partial charge in [-0.1, -0.05) is 0 Å². The maximum atomic E-state index is 11.0. The quantitative estimate of drug-likeness (QED) is 0.679. The molecule has 1 aliphatic rings. The summed E-state index contributed by atoms with van der Waals surface area (Å²) >= 11 is 0.